The lowest BCUT2D eigenvalue weighted by molar-refractivity contribution is -0.125. The van der Waals surface area contributed by atoms with Gasteiger partial charge >= 0.3 is 0 Å². The van der Waals surface area contributed by atoms with Crippen LogP contribution in [-0.4, -0.2) is 39.9 Å². The summed E-state index contributed by atoms with van der Waals surface area (Å²) < 4.78 is 5.58. The van der Waals surface area contributed by atoms with E-state index in [9.17, 15) is 9.59 Å². The predicted molar refractivity (Wildman–Crippen MR) is 103 cm³/mol. The summed E-state index contributed by atoms with van der Waals surface area (Å²) in [6, 6.07) is 10.6. The molecule has 3 heterocycles. The SMILES string of the molecule is CC1Oc2ccc(NC(=O)c3cnc(-c4ccccn4)nc3)cc2N(C)C1=O. The molecule has 2 aromatic heterocycles. The van der Waals surface area contributed by atoms with Crippen LogP contribution in [0.15, 0.2) is 55.0 Å². The lowest BCUT2D eigenvalue weighted by Crippen LogP contribution is -2.41. The predicted octanol–water partition coefficient (Wildman–Crippen LogP) is 2.53. The number of likely N-dealkylation sites (N-methyl/N-ethyl adjacent to an activating group) is 1. The highest BCUT2D eigenvalue weighted by Crippen LogP contribution is 2.35. The Labute approximate surface area is 161 Å². The molecule has 0 fully saturated rings. The van der Waals surface area contributed by atoms with E-state index >= 15 is 0 Å². The maximum absolute atomic E-state index is 12.5. The van der Waals surface area contributed by atoms with Crippen molar-refractivity contribution in [2.45, 2.75) is 13.0 Å². The lowest BCUT2D eigenvalue weighted by Gasteiger charge is -2.30. The largest absolute Gasteiger partial charge is 0.479 e. The highest BCUT2D eigenvalue weighted by molar-refractivity contribution is 6.05. The van der Waals surface area contributed by atoms with E-state index in [0.29, 0.717) is 34.2 Å². The number of anilines is 2. The van der Waals surface area contributed by atoms with Crippen molar-refractivity contribution in [2.75, 3.05) is 17.3 Å². The smallest absolute Gasteiger partial charge is 0.267 e. The number of fused-ring (bicyclic) bond motifs is 1. The third kappa shape index (κ3) is 3.27. The summed E-state index contributed by atoms with van der Waals surface area (Å²) in [5.41, 5.74) is 2.08. The number of benzene rings is 1. The molecule has 3 aromatic rings. The van der Waals surface area contributed by atoms with Crippen LogP contribution in [0.1, 0.15) is 17.3 Å². The first kappa shape index (κ1) is 17.6. The van der Waals surface area contributed by atoms with Gasteiger partial charge in [0.05, 0.1) is 11.3 Å². The average Bonchev–Trinajstić information content (AvgIpc) is 2.73. The fourth-order valence-corrected chi connectivity index (χ4v) is 2.87. The highest BCUT2D eigenvalue weighted by Gasteiger charge is 2.29. The minimum Gasteiger partial charge on any atom is -0.479 e. The number of ether oxygens (including phenoxy) is 1. The minimum absolute atomic E-state index is 0.144. The van der Waals surface area contributed by atoms with Crippen LogP contribution in [0.5, 0.6) is 5.75 Å². The van der Waals surface area contributed by atoms with Crippen LogP contribution in [0, 0.1) is 0 Å². The van der Waals surface area contributed by atoms with Gasteiger partial charge in [0.25, 0.3) is 11.8 Å². The summed E-state index contributed by atoms with van der Waals surface area (Å²) in [6.45, 7) is 1.70. The molecule has 0 aliphatic carbocycles. The van der Waals surface area contributed by atoms with Gasteiger partial charge < -0.3 is 15.0 Å². The number of hydrogen-bond donors (Lipinski definition) is 1. The van der Waals surface area contributed by atoms with E-state index in [-0.39, 0.29) is 11.8 Å². The number of carbonyl (C=O) groups is 2. The van der Waals surface area contributed by atoms with Crippen LogP contribution in [-0.2, 0) is 4.79 Å². The third-order valence-electron chi connectivity index (χ3n) is 4.37. The molecule has 28 heavy (non-hydrogen) atoms. The number of nitrogens with zero attached hydrogens (tertiary/aromatic N) is 4. The fourth-order valence-electron chi connectivity index (χ4n) is 2.87. The third-order valence-corrected chi connectivity index (χ3v) is 4.37. The van der Waals surface area contributed by atoms with Crippen molar-refractivity contribution in [3.8, 4) is 17.3 Å². The molecule has 0 saturated carbocycles. The van der Waals surface area contributed by atoms with Gasteiger partial charge in [-0.1, -0.05) is 6.07 Å². The van der Waals surface area contributed by atoms with Crippen molar-refractivity contribution in [1.82, 2.24) is 15.0 Å². The molecular weight excluding hydrogens is 358 g/mol. The second kappa shape index (κ2) is 7.07. The first-order valence-electron chi connectivity index (χ1n) is 8.66. The Hall–Kier alpha value is -3.81. The second-order valence-corrected chi connectivity index (χ2v) is 6.30. The van der Waals surface area contributed by atoms with Gasteiger partial charge in [-0.25, -0.2) is 9.97 Å². The van der Waals surface area contributed by atoms with Crippen molar-refractivity contribution >= 4 is 23.2 Å². The number of aromatic nitrogens is 3. The standard InChI is InChI=1S/C20H17N5O3/c1-12-20(27)25(2)16-9-14(6-7-17(16)28-12)24-19(26)13-10-22-18(23-11-13)15-5-3-4-8-21-15/h3-12H,1-2H3,(H,24,26). The summed E-state index contributed by atoms with van der Waals surface area (Å²) in [5, 5.41) is 2.79. The molecule has 0 saturated heterocycles. The molecule has 1 unspecified atom stereocenters. The number of nitrogens with one attached hydrogen (secondary N) is 1. The number of carbonyl (C=O) groups excluding carboxylic acids is 2. The van der Waals surface area contributed by atoms with Gasteiger partial charge in [0, 0.05) is 31.3 Å². The molecule has 1 aromatic carbocycles. The molecule has 2 amide bonds. The van der Waals surface area contributed by atoms with Gasteiger partial charge in [-0.05, 0) is 37.3 Å². The van der Waals surface area contributed by atoms with Gasteiger partial charge in [0.2, 0.25) is 0 Å². The Morgan fingerprint density at radius 2 is 1.93 bits per heavy atom. The van der Waals surface area contributed by atoms with Gasteiger partial charge in [0.15, 0.2) is 11.9 Å². The summed E-state index contributed by atoms with van der Waals surface area (Å²) in [7, 11) is 1.68. The molecular formula is C20H17N5O3. The van der Waals surface area contributed by atoms with Crippen LogP contribution in [0.4, 0.5) is 11.4 Å². The molecule has 140 valence electrons. The van der Waals surface area contributed by atoms with Crippen molar-refractivity contribution in [3.63, 3.8) is 0 Å². The first-order valence-corrected chi connectivity index (χ1v) is 8.66. The molecule has 0 bridgehead atoms. The van der Waals surface area contributed by atoms with Gasteiger partial charge in [-0.2, -0.15) is 0 Å². The molecule has 8 nitrogen and oxygen atoms in total. The molecule has 1 atom stereocenters. The maximum atomic E-state index is 12.5. The summed E-state index contributed by atoms with van der Waals surface area (Å²) >= 11 is 0. The average molecular weight is 375 g/mol. The Kier molecular flexibility index (Phi) is 4.44. The number of rotatable bonds is 3. The first-order chi connectivity index (χ1) is 13.5. The molecule has 4 rings (SSSR count). The normalized spacial score (nSPS) is 15.6. The molecule has 0 radical (unpaired) electrons. The lowest BCUT2D eigenvalue weighted by atomic mass is 10.1. The maximum Gasteiger partial charge on any atom is 0.267 e. The number of pyridine rings is 1. The van der Waals surface area contributed by atoms with E-state index in [4.69, 9.17) is 4.74 Å². The fraction of sp³-hybridized carbons (Fsp3) is 0.150. The monoisotopic (exact) mass is 375 g/mol. The number of amides is 2. The minimum atomic E-state index is -0.535. The summed E-state index contributed by atoms with van der Waals surface area (Å²) in [5.74, 6) is 0.536. The van der Waals surface area contributed by atoms with Crippen LogP contribution >= 0.6 is 0 Å². The zero-order valence-electron chi connectivity index (χ0n) is 15.3. The summed E-state index contributed by atoms with van der Waals surface area (Å²) in [6.07, 6.45) is 4.02. The Balaban J connectivity index is 1.52. The zero-order chi connectivity index (χ0) is 19.7. The van der Waals surface area contributed by atoms with E-state index in [1.165, 1.54) is 17.3 Å². The van der Waals surface area contributed by atoms with Crippen molar-refractivity contribution < 1.29 is 14.3 Å². The van der Waals surface area contributed by atoms with Gasteiger partial charge in [-0.15, -0.1) is 0 Å². The molecule has 8 heteroatoms. The van der Waals surface area contributed by atoms with Gasteiger partial charge in [-0.3, -0.25) is 14.6 Å². The van der Waals surface area contributed by atoms with E-state index in [2.05, 4.69) is 20.3 Å². The topological polar surface area (TPSA) is 97.3 Å². The Morgan fingerprint density at radius 3 is 2.64 bits per heavy atom. The van der Waals surface area contributed by atoms with E-state index < -0.39 is 6.10 Å². The second-order valence-electron chi connectivity index (χ2n) is 6.30. The van der Waals surface area contributed by atoms with Crippen molar-refractivity contribution in [1.29, 1.82) is 0 Å². The zero-order valence-corrected chi connectivity index (χ0v) is 15.3. The van der Waals surface area contributed by atoms with E-state index in [1.807, 2.05) is 6.07 Å². The Morgan fingerprint density at radius 1 is 1.14 bits per heavy atom. The molecule has 1 aliphatic heterocycles. The van der Waals surface area contributed by atoms with E-state index in [0.717, 1.165) is 0 Å². The van der Waals surface area contributed by atoms with Crippen LogP contribution in [0.2, 0.25) is 0 Å². The van der Waals surface area contributed by atoms with Crippen LogP contribution in [0.25, 0.3) is 11.5 Å². The molecule has 1 N–H and O–H groups in total. The quantitative estimate of drug-likeness (QED) is 0.756. The summed E-state index contributed by atoms with van der Waals surface area (Å²) in [4.78, 5) is 38.7. The van der Waals surface area contributed by atoms with Crippen molar-refractivity contribution in [3.05, 3.63) is 60.6 Å². The van der Waals surface area contributed by atoms with Crippen LogP contribution in [0.3, 0.4) is 0 Å². The molecule has 1 aliphatic rings. The highest BCUT2D eigenvalue weighted by atomic mass is 16.5. The van der Waals surface area contributed by atoms with Gasteiger partial charge in [0.1, 0.15) is 11.4 Å². The van der Waals surface area contributed by atoms with Crippen LogP contribution < -0.4 is 15.0 Å². The Bertz CT molecular complexity index is 1040. The number of hydrogen-bond acceptors (Lipinski definition) is 6. The van der Waals surface area contributed by atoms with E-state index in [1.54, 1.807) is 50.5 Å². The molecule has 0 spiro atoms. The van der Waals surface area contributed by atoms with Crippen molar-refractivity contribution in [2.24, 2.45) is 0 Å².